The minimum atomic E-state index is -0.123. The van der Waals surface area contributed by atoms with Crippen LogP contribution in [0.3, 0.4) is 0 Å². The van der Waals surface area contributed by atoms with Gasteiger partial charge >= 0.3 is 0 Å². The van der Waals surface area contributed by atoms with Crippen LogP contribution in [0.5, 0.6) is 0 Å². The summed E-state index contributed by atoms with van der Waals surface area (Å²) in [6, 6.07) is 12.7. The van der Waals surface area contributed by atoms with E-state index in [1.807, 2.05) is 24.4 Å². The van der Waals surface area contributed by atoms with Crippen molar-refractivity contribution in [2.24, 2.45) is 0 Å². The lowest BCUT2D eigenvalue weighted by Crippen LogP contribution is -2.15. The number of hydrogen-bond acceptors (Lipinski definition) is 3. The Balaban J connectivity index is 1.83. The van der Waals surface area contributed by atoms with E-state index in [1.54, 1.807) is 24.3 Å². The third kappa shape index (κ3) is 5.27. The molecule has 108 valence electrons. The average Bonchev–Trinajstić information content (AvgIpc) is 2.48. The molecule has 0 bridgehead atoms. The molecule has 0 aliphatic carbocycles. The summed E-state index contributed by atoms with van der Waals surface area (Å²) in [5.41, 5.74) is 1.40. The maximum atomic E-state index is 11.8. The summed E-state index contributed by atoms with van der Waals surface area (Å²) in [4.78, 5) is 25.8. The second-order valence-electron chi connectivity index (χ2n) is 4.32. The number of nitrogens with one attached hydrogen (secondary N) is 3. The van der Waals surface area contributed by atoms with E-state index in [9.17, 15) is 9.59 Å². The summed E-state index contributed by atoms with van der Waals surface area (Å²) in [6.45, 7) is 1.45. The lowest BCUT2D eigenvalue weighted by Gasteiger charge is -2.06. The summed E-state index contributed by atoms with van der Waals surface area (Å²) in [5.74, 6) is 0.125. The Labute approximate surface area is 127 Å². The monoisotopic (exact) mass is 302 g/mol. The molecule has 6 heteroatoms. The number of aromatic amines is 1. The molecule has 1 aromatic carbocycles. The predicted octanol–water partition coefficient (Wildman–Crippen LogP) is 2.19. The molecule has 21 heavy (non-hydrogen) atoms. The number of amides is 2. The fourth-order valence-corrected chi connectivity index (χ4v) is 2.33. The molecular weight excluding hydrogens is 286 g/mol. The first-order valence-electron chi connectivity index (χ1n) is 6.40. The summed E-state index contributed by atoms with van der Waals surface area (Å²) in [6.07, 6.45) is 1.82. The molecule has 2 amide bonds. The number of carbonyl (C=O) groups excluding carboxylic acids is 2. The van der Waals surface area contributed by atoms with Crippen molar-refractivity contribution < 1.29 is 14.6 Å². The Morgan fingerprint density at radius 1 is 1.05 bits per heavy atom. The fraction of sp³-hybridized carbons (Fsp3) is 0.133. The van der Waals surface area contributed by atoms with Gasteiger partial charge in [-0.05, 0) is 42.1 Å². The van der Waals surface area contributed by atoms with Gasteiger partial charge in [0.05, 0.1) is 5.75 Å². The Bertz CT molecular complexity index is 615. The molecule has 1 heterocycles. The molecule has 0 aliphatic heterocycles. The van der Waals surface area contributed by atoms with Crippen LogP contribution in [0.4, 0.5) is 11.4 Å². The minimum absolute atomic E-state index is 0.0791. The van der Waals surface area contributed by atoms with Crippen molar-refractivity contribution in [3.8, 4) is 0 Å². The number of anilines is 2. The van der Waals surface area contributed by atoms with Crippen LogP contribution in [0.15, 0.2) is 53.7 Å². The first kappa shape index (κ1) is 15.1. The van der Waals surface area contributed by atoms with Crippen LogP contribution < -0.4 is 15.6 Å². The number of pyridine rings is 1. The van der Waals surface area contributed by atoms with Crippen molar-refractivity contribution >= 4 is 35.0 Å². The zero-order valence-electron chi connectivity index (χ0n) is 11.6. The SMILES string of the molecule is CC(=O)Nc1ccc(NC(=O)CSc2cccc[nH+]2)cc1. The highest BCUT2D eigenvalue weighted by atomic mass is 32.2. The Kier molecular flexibility index (Phi) is 5.34. The highest BCUT2D eigenvalue weighted by Gasteiger charge is 2.07. The Morgan fingerprint density at radius 3 is 2.29 bits per heavy atom. The number of aromatic nitrogens is 1. The van der Waals surface area contributed by atoms with Crippen LogP contribution in [0.1, 0.15) is 6.92 Å². The maximum absolute atomic E-state index is 11.8. The third-order valence-corrected chi connectivity index (χ3v) is 3.50. The zero-order chi connectivity index (χ0) is 15.1. The number of benzene rings is 1. The van der Waals surface area contributed by atoms with Crippen LogP contribution >= 0.6 is 11.8 Å². The second-order valence-corrected chi connectivity index (χ2v) is 5.34. The Morgan fingerprint density at radius 2 is 1.71 bits per heavy atom. The zero-order valence-corrected chi connectivity index (χ0v) is 12.4. The largest absolute Gasteiger partial charge is 0.326 e. The lowest BCUT2D eigenvalue weighted by molar-refractivity contribution is -0.426. The lowest BCUT2D eigenvalue weighted by atomic mass is 10.3. The second kappa shape index (κ2) is 7.44. The van der Waals surface area contributed by atoms with Crippen molar-refractivity contribution in [3.63, 3.8) is 0 Å². The molecule has 2 aromatic rings. The van der Waals surface area contributed by atoms with Crippen molar-refractivity contribution in [2.45, 2.75) is 11.9 Å². The highest BCUT2D eigenvalue weighted by molar-refractivity contribution is 7.99. The maximum Gasteiger partial charge on any atom is 0.238 e. The number of carbonyl (C=O) groups is 2. The van der Waals surface area contributed by atoms with E-state index in [-0.39, 0.29) is 11.8 Å². The van der Waals surface area contributed by atoms with E-state index in [0.717, 1.165) is 5.03 Å². The highest BCUT2D eigenvalue weighted by Crippen LogP contribution is 2.15. The number of rotatable bonds is 5. The fourth-order valence-electron chi connectivity index (χ4n) is 1.65. The van der Waals surface area contributed by atoms with Crippen LogP contribution in [0.2, 0.25) is 0 Å². The van der Waals surface area contributed by atoms with Gasteiger partial charge in [-0.1, -0.05) is 0 Å². The summed E-state index contributed by atoms with van der Waals surface area (Å²) >= 11 is 1.43. The number of thioether (sulfide) groups is 1. The molecule has 0 saturated carbocycles. The molecule has 3 N–H and O–H groups in total. The molecule has 2 rings (SSSR count). The summed E-state index contributed by atoms with van der Waals surface area (Å²) < 4.78 is 0. The normalized spacial score (nSPS) is 9.95. The molecule has 1 aromatic heterocycles. The molecule has 0 radical (unpaired) electrons. The minimum Gasteiger partial charge on any atom is -0.326 e. The van der Waals surface area contributed by atoms with Crippen LogP contribution in [0, 0.1) is 0 Å². The van der Waals surface area contributed by atoms with Gasteiger partial charge in [-0.2, -0.15) is 0 Å². The predicted molar refractivity (Wildman–Crippen MR) is 83.1 cm³/mol. The van der Waals surface area contributed by atoms with Gasteiger partial charge in [0.2, 0.25) is 16.8 Å². The molecule has 0 atom stereocenters. The van der Waals surface area contributed by atoms with Crippen LogP contribution in [-0.4, -0.2) is 17.6 Å². The van der Waals surface area contributed by atoms with E-state index in [0.29, 0.717) is 17.1 Å². The molecule has 5 nitrogen and oxygen atoms in total. The van der Waals surface area contributed by atoms with Gasteiger partial charge in [0.25, 0.3) is 0 Å². The van der Waals surface area contributed by atoms with Gasteiger partial charge in [-0.3, -0.25) is 9.59 Å². The van der Waals surface area contributed by atoms with Gasteiger partial charge in [-0.25, -0.2) is 4.98 Å². The van der Waals surface area contributed by atoms with E-state index >= 15 is 0 Å². The first-order valence-corrected chi connectivity index (χ1v) is 7.39. The molecule has 0 aliphatic rings. The topological polar surface area (TPSA) is 72.3 Å². The van der Waals surface area contributed by atoms with Gasteiger partial charge in [0.1, 0.15) is 0 Å². The first-order chi connectivity index (χ1) is 10.1. The van der Waals surface area contributed by atoms with Crippen molar-refractivity contribution in [1.82, 2.24) is 0 Å². The molecule has 0 unspecified atom stereocenters. The van der Waals surface area contributed by atoms with Crippen molar-refractivity contribution in [1.29, 1.82) is 0 Å². The van der Waals surface area contributed by atoms with E-state index in [1.165, 1.54) is 18.7 Å². The average molecular weight is 302 g/mol. The molecular formula is C15H16N3O2S+. The summed E-state index contributed by atoms with van der Waals surface area (Å²) in [7, 11) is 0. The van der Waals surface area contributed by atoms with Crippen molar-refractivity contribution in [2.75, 3.05) is 16.4 Å². The molecule has 0 fully saturated rings. The van der Waals surface area contributed by atoms with Gasteiger partial charge in [0.15, 0.2) is 6.20 Å². The third-order valence-electron chi connectivity index (χ3n) is 2.53. The van der Waals surface area contributed by atoms with E-state index in [2.05, 4.69) is 15.6 Å². The van der Waals surface area contributed by atoms with Crippen molar-refractivity contribution in [3.05, 3.63) is 48.7 Å². The van der Waals surface area contributed by atoms with Crippen LogP contribution in [0.25, 0.3) is 0 Å². The van der Waals surface area contributed by atoms with E-state index in [4.69, 9.17) is 0 Å². The number of hydrogen-bond donors (Lipinski definition) is 2. The number of H-pyrrole nitrogens is 1. The molecule has 0 saturated heterocycles. The Hall–Kier alpha value is -2.34. The molecule has 0 spiro atoms. The van der Waals surface area contributed by atoms with Gasteiger partial charge in [0, 0.05) is 30.4 Å². The summed E-state index contributed by atoms with van der Waals surface area (Å²) in [5, 5.41) is 6.42. The smallest absolute Gasteiger partial charge is 0.238 e. The quantitative estimate of drug-likeness (QED) is 0.832. The van der Waals surface area contributed by atoms with E-state index < -0.39 is 0 Å². The standard InChI is InChI=1S/C15H15N3O2S/c1-11(19)17-12-5-7-13(8-6-12)18-14(20)10-21-15-4-2-3-9-16-15/h2-9H,10H2,1H3,(H,17,19)(H,18,20)/p+1. The van der Waals surface area contributed by atoms with Crippen LogP contribution in [-0.2, 0) is 9.59 Å². The van der Waals surface area contributed by atoms with Gasteiger partial charge in [-0.15, -0.1) is 0 Å². The van der Waals surface area contributed by atoms with Gasteiger partial charge < -0.3 is 10.6 Å².